The number of rotatable bonds is 2. The molecule has 162 valence electrons. The minimum Gasteiger partial charge on any atom is -0.373 e. The lowest BCUT2D eigenvalue weighted by molar-refractivity contribution is -0.141. The lowest BCUT2D eigenvalue weighted by Crippen LogP contribution is -2.48. The van der Waals surface area contributed by atoms with Crippen LogP contribution in [0.2, 0.25) is 0 Å². The maximum Gasteiger partial charge on any atom is 0.416 e. The van der Waals surface area contributed by atoms with E-state index in [4.69, 9.17) is 4.74 Å². The van der Waals surface area contributed by atoms with Gasteiger partial charge in [0.1, 0.15) is 0 Å². The number of halogens is 3. The van der Waals surface area contributed by atoms with Crippen LogP contribution < -0.4 is 0 Å². The third-order valence-electron chi connectivity index (χ3n) is 5.97. The van der Waals surface area contributed by atoms with E-state index in [2.05, 4.69) is 10.3 Å². The molecular formula is C21H25F3N4O2. The molecule has 1 aromatic carbocycles. The fourth-order valence-corrected chi connectivity index (χ4v) is 4.28. The number of hydrogen-bond donors (Lipinski definition) is 0. The number of ether oxygens (including phenoxy) is 1. The normalized spacial score (nSPS) is 23.4. The van der Waals surface area contributed by atoms with Crippen molar-refractivity contribution in [3.05, 3.63) is 47.3 Å². The average Bonchev–Trinajstić information content (AvgIpc) is 3.17. The molecule has 0 saturated carbocycles. The Balaban J connectivity index is 1.57. The molecule has 1 saturated heterocycles. The van der Waals surface area contributed by atoms with Crippen LogP contribution >= 0.6 is 0 Å². The van der Waals surface area contributed by atoms with Gasteiger partial charge in [0.25, 0.3) is 0 Å². The molecule has 0 bridgehead atoms. The van der Waals surface area contributed by atoms with Gasteiger partial charge in [0.05, 0.1) is 36.7 Å². The predicted molar refractivity (Wildman–Crippen MR) is 102 cm³/mol. The number of amides is 1. The molecule has 0 N–H and O–H groups in total. The largest absolute Gasteiger partial charge is 0.416 e. The molecule has 1 fully saturated rings. The Morgan fingerprint density at radius 2 is 1.90 bits per heavy atom. The number of carbonyl (C=O) groups is 1. The average molecular weight is 422 g/mol. The van der Waals surface area contributed by atoms with E-state index in [1.807, 2.05) is 4.90 Å². The van der Waals surface area contributed by atoms with Gasteiger partial charge in [-0.3, -0.25) is 4.79 Å². The van der Waals surface area contributed by atoms with Crippen LogP contribution in [0.3, 0.4) is 0 Å². The summed E-state index contributed by atoms with van der Waals surface area (Å²) in [4.78, 5) is 15.4. The molecule has 2 aliphatic heterocycles. The second-order valence-electron chi connectivity index (χ2n) is 8.03. The third-order valence-corrected chi connectivity index (χ3v) is 5.97. The van der Waals surface area contributed by atoms with Crippen LogP contribution in [0.4, 0.5) is 13.2 Å². The minimum atomic E-state index is -4.37. The Morgan fingerprint density at radius 1 is 1.10 bits per heavy atom. The highest BCUT2D eigenvalue weighted by Crippen LogP contribution is 2.30. The number of aryl methyl sites for hydroxylation is 1. The number of piperidine rings is 1. The van der Waals surface area contributed by atoms with E-state index in [0.29, 0.717) is 39.1 Å². The summed E-state index contributed by atoms with van der Waals surface area (Å²) in [6.45, 7) is 2.07. The Morgan fingerprint density at radius 3 is 2.67 bits per heavy atom. The summed E-state index contributed by atoms with van der Waals surface area (Å²) in [6.07, 6.45) is 1.15. The first-order valence-corrected chi connectivity index (χ1v) is 10.3. The maximum absolute atomic E-state index is 13.4. The van der Waals surface area contributed by atoms with E-state index < -0.39 is 11.7 Å². The monoisotopic (exact) mass is 422 g/mol. The van der Waals surface area contributed by atoms with Crippen LogP contribution in [0.1, 0.15) is 42.5 Å². The summed E-state index contributed by atoms with van der Waals surface area (Å²) in [5, 5.41) is 8.04. The van der Waals surface area contributed by atoms with Gasteiger partial charge in [-0.25, -0.2) is 4.68 Å². The quantitative estimate of drug-likeness (QED) is 0.744. The fraction of sp³-hybridized carbons (Fsp3) is 0.571. The van der Waals surface area contributed by atoms with Crippen molar-refractivity contribution in [1.29, 1.82) is 0 Å². The van der Waals surface area contributed by atoms with Crippen LogP contribution in [0.25, 0.3) is 0 Å². The summed E-state index contributed by atoms with van der Waals surface area (Å²) < 4.78 is 46.2. The molecule has 0 aliphatic carbocycles. The number of hydrogen-bond acceptors (Lipinski definition) is 4. The Labute approximate surface area is 173 Å². The zero-order valence-electron chi connectivity index (χ0n) is 16.6. The number of fused-ring (bicyclic) bond motifs is 2. The van der Waals surface area contributed by atoms with Crippen LogP contribution in [0.5, 0.6) is 0 Å². The number of nitrogens with zero attached hydrogens (tertiary/aromatic N) is 4. The number of carbonyl (C=O) groups excluding carboxylic acids is 1. The van der Waals surface area contributed by atoms with Crippen LogP contribution in [-0.4, -0.2) is 45.0 Å². The number of benzene rings is 1. The van der Waals surface area contributed by atoms with Gasteiger partial charge in [0.15, 0.2) is 0 Å². The lowest BCUT2D eigenvalue weighted by Gasteiger charge is -2.37. The van der Waals surface area contributed by atoms with Crippen molar-refractivity contribution in [3.63, 3.8) is 0 Å². The SMILES string of the molecule is O=C1[C@H](Cc2ccc(C(F)(F)F)cc2)CCn2nncc2COC[C@H]2CCCCN12. The first kappa shape index (κ1) is 20.8. The van der Waals surface area contributed by atoms with Crippen molar-refractivity contribution >= 4 is 5.91 Å². The van der Waals surface area contributed by atoms with Crippen molar-refractivity contribution in [2.75, 3.05) is 13.2 Å². The highest BCUT2D eigenvalue weighted by Gasteiger charge is 2.33. The predicted octanol–water partition coefficient (Wildman–Crippen LogP) is 3.46. The van der Waals surface area contributed by atoms with Gasteiger partial charge in [-0.1, -0.05) is 17.3 Å². The Bertz CT molecular complexity index is 866. The molecule has 0 spiro atoms. The highest BCUT2D eigenvalue weighted by atomic mass is 19.4. The minimum absolute atomic E-state index is 0.0313. The van der Waals surface area contributed by atoms with Gasteiger partial charge in [0.2, 0.25) is 5.91 Å². The standard InChI is InChI=1S/C21H25F3N4O2/c22-21(23,24)17-6-4-15(5-7-17)11-16-8-10-28-19(12-25-26-28)14-30-13-18-3-1-2-9-27(18)20(16)29/h4-7,12,16,18H,1-3,8-11,13-14H2/t16-,18+/m0/s1. The maximum atomic E-state index is 13.4. The first-order chi connectivity index (χ1) is 14.4. The van der Waals surface area contributed by atoms with E-state index in [1.165, 1.54) is 12.1 Å². The molecule has 6 nitrogen and oxygen atoms in total. The van der Waals surface area contributed by atoms with Gasteiger partial charge in [0, 0.05) is 19.0 Å². The van der Waals surface area contributed by atoms with Gasteiger partial charge >= 0.3 is 6.18 Å². The molecule has 3 heterocycles. The van der Waals surface area contributed by atoms with Gasteiger partial charge in [-0.15, -0.1) is 5.10 Å². The summed E-state index contributed by atoms with van der Waals surface area (Å²) in [7, 11) is 0. The van der Waals surface area contributed by atoms with Crippen molar-refractivity contribution in [2.24, 2.45) is 5.92 Å². The second-order valence-corrected chi connectivity index (χ2v) is 8.03. The Kier molecular flexibility index (Phi) is 6.08. The zero-order chi connectivity index (χ0) is 21.1. The second kappa shape index (κ2) is 8.75. The van der Waals surface area contributed by atoms with E-state index in [0.717, 1.165) is 42.7 Å². The number of aromatic nitrogens is 3. The van der Waals surface area contributed by atoms with Crippen LogP contribution in [0.15, 0.2) is 30.5 Å². The molecular weight excluding hydrogens is 397 g/mol. The summed E-state index contributed by atoms with van der Waals surface area (Å²) in [6, 6.07) is 5.14. The topological polar surface area (TPSA) is 60.3 Å². The van der Waals surface area contributed by atoms with Crippen molar-refractivity contribution in [3.8, 4) is 0 Å². The molecule has 30 heavy (non-hydrogen) atoms. The molecule has 0 radical (unpaired) electrons. The van der Waals surface area contributed by atoms with Gasteiger partial charge < -0.3 is 9.64 Å². The van der Waals surface area contributed by atoms with Crippen molar-refractivity contribution < 1.29 is 22.7 Å². The lowest BCUT2D eigenvalue weighted by atomic mass is 9.92. The molecule has 4 rings (SSSR count). The van der Waals surface area contributed by atoms with Gasteiger partial charge in [-0.05, 0) is 49.8 Å². The van der Waals surface area contributed by atoms with Crippen molar-refractivity contribution in [2.45, 2.75) is 57.5 Å². The van der Waals surface area contributed by atoms with Crippen molar-refractivity contribution in [1.82, 2.24) is 19.9 Å². The third kappa shape index (κ3) is 4.66. The fourth-order valence-electron chi connectivity index (χ4n) is 4.28. The van der Waals surface area contributed by atoms with E-state index in [-0.39, 0.29) is 17.9 Å². The molecule has 0 unspecified atom stereocenters. The van der Waals surface area contributed by atoms with E-state index >= 15 is 0 Å². The van der Waals surface area contributed by atoms with E-state index in [9.17, 15) is 18.0 Å². The molecule has 2 atom stereocenters. The molecule has 2 aromatic rings. The molecule has 9 heteroatoms. The smallest absolute Gasteiger partial charge is 0.373 e. The molecule has 1 aromatic heterocycles. The number of alkyl halides is 3. The summed E-state index contributed by atoms with van der Waals surface area (Å²) in [5.74, 6) is -0.288. The van der Waals surface area contributed by atoms with Crippen LogP contribution in [0, 0.1) is 5.92 Å². The molecule has 2 aliphatic rings. The van der Waals surface area contributed by atoms with Gasteiger partial charge in [-0.2, -0.15) is 13.2 Å². The zero-order valence-corrected chi connectivity index (χ0v) is 16.6. The summed E-state index contributed by atoms with van der Waals surface area (Å²) >= 11 is 0. The summed E-state index contributed by atoms with van der Waals surface area (Å²) in [5.41, 5.74) is 0.903. The van der Waals surface area contributed by atoms with Crippen LogP contribution in [-0.2, 0) is 35.3 Å². The molecule has 1 amide bonds. The Hall–Kier alpha value is -2.42. The first-order valence-electron chi connectivity index (χ1n) is 10.3. The van der Waals surface area contributed by atoms with E-state index in [1.54, 1.807) is 10.9 Å². The highest BCUT2D eigenvalue weighted by molar-refractivity contribution is 5.79.